The van der Waals surface area contributed by atoms with E-state index in [1.54, 1.807) is 24.7 Å². The van der Waals surface area contributed by atoms with Gasteiger partial charge in [-0.2, -0.15) is 0 Å². The van der Waals surface area contributed by atoms with E-state index in [9.17, 15) is 9.59 Å². The molecule has 8 nitrogen and oxygen atoms in total. The lowest BCUT2D eigenvalue weighted by Gasteiger charge is -2.25. The molecule has 1 amide bonds. The Bertz CT molecular complexity index is 1710. The van der Waals surface area contributed by atoms with Gasteiger partial charge in [0.1, 0.15) is 11.5 Å². The van der Waals surface area contributed by atoms with Gasteiger partial charge < -0.3 is 19.4 Å². The smallest absolute Gasteiger partial charge is 0.271 e. The largest absolute Gasteiger partial charge is 0.497 e. The average molecular weight is 543 g/mol. The van der Waals surface area contributed by atoms with E-state index in [-0.39, 0.29) is 11.5 Å². The lowest BCUT2D eigenvalue weighted by molar-refractivity contribution is -0.113. The first-order valence-electron chi connectivity index (χ1n) is 12.8. The lowest BCUT2D eigenvalue weighted by atomic mass is 9.95. The number of amides is 1. The van der Waals surface area contributed by atoms with Crippen molar-refractivity contribution < 1.29 is 13.9 Å². The first-order chi connectivity index (χ1) is 18.9. The Morgan fingerprint density at radius 1 is 1.13 bits per heavy atom. The van der Waals surface area contributed by atoms with Crippen LogP contribution in [0.1, 0.15) is 38.1 Å². The molecule has 1 N–H and O–H groups in total. The molecule has 9 heteroatoms. The number of hydrogen-bond acceptors (Lipinski definition) is 7. The Hall–Kier alpha value is -4.37. The third-order valence-corrected chi connectivity index (χ3v) is 7.65. The van der Waals surface area contributed by atoms with Gasteiger partial charge in [-0.15, -0.1) is 0 Å². The summed E-state index contributed by atoms with van der Waals surface area (Å²) in [5.74, 6) is 1.65. The van der Waals surface area contributed by atoms with Crippen LogP contribution in [-0.2, 0) is 4.79 Å². The summed E-state index contributed by atoms with van der Waals surface area (Å²) in [5.41, 5.74) is 2.10. The van der Waals surface area contributed by atoms with Crippen molar-refractivity contribution in [1.29, 1.82) is 0 Å². The van der Waals surface area contributed by atoms with Gasteiger partial charge in [0.2, 0.25) is 0 Å². The first kappa shape index (κ1) is 26.2. The number of aromatic nitrogens is 1. The number of ether oxygens (including phenoxy) is 1. The van der Waals surface area contributed by atoms with E-state index in [2.05, 4.69) is 24.1 Å². The molecule has 0 aliphatic carbocycles. The van der Waals surface area contributed by atoms with Gasteiger partial charge >= 0.3 is 0 Å². The molecule has 1 atom stereocenters. The van der Waals surface area contributed by atoms with Crippen LogP contribution in [0.5, 0.6) is 5.75 Å². The molecule has 3 heterocycles. The molecule has 0 radical (unpaired) electrons. The monoisotopic (exact) mass is 542 g/mol. The number of hydrogen-bond donors (Lipinski definition) is 1. The number of methoxy groups -OCH3 is 1. The SMILES string of the molecule is CCN(CC)c1ccc(/C=c2\sc3n(c2=O)[C@H](c2cccc(OC)c2)C(C(=O)Nc2ccccc2)=C(C)N=3)o1. The van der Waals surface area contributed by atoms with Crippen LogP contribution in [0.15, 0.2) is 92.2 Å². The summed E-state index contributed by atoms with van der Waals surface area (Å²) in [6.45, 7) is 7.57. The zero-order valence-corrected chi connectivity index (χ0v) is 23.1. The highest BCUT2D eigenvalue weighted by Gasteiger charge is 2.32. The highest BCUT2D eigenvalue weighted by atomic mass is 32.1. The lowest BCUT2D eigenvalue weighted by Crippen LogP contribution is -2.40. The van der Waals surface area contributed by atoms with Crippen molar-refractivity contribution in [2.24, 2.45) is 4.99 Å². The molecule has 0 fully saturated rings. The Morgan fingerprint density at radius 3 is 2.62 bits per heavy atom. The molecule has 0 saturated carbocycles. The van der Waals surface area contributed by atoms with E-state index in [0.717, 1.165) is 24.5 Å². The van der Waals surface area contributed by atoms with Gasteiger partial charge in [-0.1, -0.05) is 41.7 Å². The highest BCUT2D eigenvalue weighted by molar-refractivity contribution is 7.07. The topological polar surface area (TPSA) is 89.1 Å². The maximum absolute atomic E-state index is 13.9. The molecule has 2 aromatic carbocycles. The third-order valence-electron chi connectivity index (χ3n) is 6.67. The summed E-state index contributed by atoms with van der Waals surface area (Å²) >= 11 is 1.27. The van der Waals surface area contributed by atoms with Crippen LogP contribution in [0.2, 0.25) is 0 Å². The minimum absolute atomic E-state index is 0.245. The van der Waals surface area contributed by atoms with E-state index >= 15 is 0 Å². The Balaban J connectivity index is 1.64. The van der Waals surface area contributed by atoms with Gasteiger partial charge in [-0.3, -0.25) is 14.2 Å². The van der Waals surface area contributed by atoms with E-state index in [0.29, 0.717) is 37.8 Å². The van der Waals surface area contributed by atoms with Crippen molar-refractivity contribution in [3.05, 3.63) is 109 Å². The van der Waals surface area contributed by atoms with Crippen molar-refractivity contribution in [2.45, 2.75) is 26.8 Å². The number of para-hydroxylation sites is 1. The number of fused-ring (bicyclic) bond motifs is 1. The predicted octanol–water partition coefficient (Wildman–Crippen LogP) is 4.32. The second kappa shape index (κ2) is 11.2. The van der Waals surface area contributed by atoms with Crippen LogP contribution >= 0.6 is 11.3 Å². The number of nitrogens with one attached hydrogen (secondary N) is 1. The number of nitrogens with zero attached hydrogens (tertiary/aromatic N) is 3. The molecule has 1 aliphatic rings. The molecule has 0 bridgehead atoms. The second-order valence-corrected chi connectivity index (χ2v) is 10.0. The molecular weight excluding hydrogens is 512 g/mol. The number of carbonyl (C=O) groups is 1. The number of rotatable bonds is 8. The Kier molecular flexibility index (Phi) is 7.51. The fourth-order valence-corrected chi connectivity index (χ4v) is 5.74. The van der Waals surface area contributed by atoms with Crippen LogP contribution in [0.4, 0.5) is 11.6 Å². The van der Waals surface area contributed by atoms with Gasteiger partial charge in [0, 0.05) is 30.9 Å². The second-order valence-electron chi connectivity index (χ2n) is 9.03. The molecule has 0 spiro atoms. The molecule has 200 valence electrons. The fourth-order valence-electron chi connectivity index (χ4n) is 4.71. The van der Waals surface area contributed by atoms with E-state index in [1.807, 2.05) is 66.7 Å². The van der Waals surface area contributed by atoms with Crippen molar-refractivity contribution >= 4 is 34.9 Å². The third kappa shape index (κ3) is 5.18. The van der Waals surface area contributed by atoms with Gasteiger partial charge in [0.15, 0.2) is 10.7 Å². The summed E-state index contributed by atoms with van der Waals surface area (Å²) < 4.78 is 13.5. The standard InChI is InChI=1S/C30H30N4O4S/c1-5-33(6-2)25-16-15-23(38-25)18-24-29(36)34-27(20-11-10-14-22(17-20)37-4)26(19(3)31-30(34)39-24)28(35)32-21-12-8-7-9-13-21/h7-18,27H,5-6H2,1-4H3,(H,32,35)/b24-18-/t27-/m1/s1. The number of carbonyl (C=O) groups excluding carboxylic acids is 1. The predicted molar refractivity (Wildman–Crippen MR) is 154 cm³/mol. The number of allylic oxidation sites excluding steroid dienone is 1. The number of furan rings is 1. The molecule has 2 aromatic heterocycles. The first-order valence-corrected chi connectivity index (χ1v) is 13.6. The molecule has 1 aliphatic heterocycles. The number of thiazole rings is 1. The number of anilines is 2. The summed E-state index contributed by atoms with van der Waals surface area (Å²) in [6.07, 6.45) is 1.74. The van der Waals surface area contributed by atoms with Gasteiger partial charge in [0.05, 0.1) is 29.0 Å². The fraction of sp³-hybridized carbons (Fsp3) is 0.233. The maximum atomic E-state index is 13.9. The van der Waals surface area contributed by atoms with Crippen molar-refractivity contribution in [1.82, 2.24) is 4.57 Å². The van der Waals surface area contributed by atoms with Crippen LogP contribution < -0.4 is 29.8 Å². The van der Waals surface area contributed by atoms with Gasteiger partial charge in [0.25, 0.3) is 11.5 Å². The Labute approximate surface area is 230 Å². The zero-order valence-electron chi connectivity index (χ0n) is 22.3. The van der Waals surface area contributed by atoms with Gasteiger partial charge in [-0.05, 0) is 56.7 Å². The average Bonchev–Trinajstić information content (AvgIpc) is 3.53. The summed E-state index contributed by atoms with van der Waals surface area (Å²) in [5, 5.41) is 2.96. The number of benzene rings is 2. The van der Waals surface area contributed by atoms with E-state index in [4.69, 9.17) is 14.1 Å². The van der Waals surface area contributed by atoms with Crippen LogP contribution in [0, 0.1) is 0 Å². The van der Waals surface area contributed by atoms with Gasteiger partial charge in [-0.25, -0.2) is 4.99 Å². The molecule has 5 rings (SSSR count). The van der Waals surface area contributed by atoms with Crippen molar-refractivity contribution in [3.63, 3.8) is 0 Å². The quantitative estimate of drug-likeness (QED) is 0.358. The Morgan fingerprint density at radius 2 is 1.90 bits per heavy atom. The van der Waals surface area contributed by atoms with E-state index < -0.39 is 6.04 Å². The van der Waals surface area contributed by atoms with Crippen LogP contribution in [0.25, 0.3) is 6.08 Å². The summed E-state index contributed by atoms with van der Waals surface area (Å²) in [4.78, 5) is 34.9. The molecule has 39 heavy (non-hydrogen) atoms. The normalized spacial score (nSPS) is 15.1. The van der Waals surface area contributed by atoms with Crippen LogP contribution in [0.3, 0.4) is 0 Å². The molecular formula is C30H30N4O4S. The molecule has 0 saturated heterocycles. The highest BCUT2D eigenvalue weighted by Crippen LogP contribution is 2.32. The minimum Gasteiger partial charge on any atom is -0.497 e. The van der Waals surface area contributed by atoms with Crippen molar-refractivity contribution in [3.8, 4) is 5.75 Å². The summed E-state index contributed by atoms with van der Waals surface area (Å²) in [7, 11) is 1.59. The van der Waals surface area contributed by atoms with E-state index in [1.165, 1.54) is 11.3 Å². The van der Waals surface area contributed by atoms with Crippen molar-refractivity contribution in [2.75, 3.05) is 30.4 Å². The maximum Gasteiger partial charge on any atom is 0.271 e. The molecule has 0 unspecified atom stereocenters. The summed E-state index contributed by atoms with van der Waals surface area (Å²) in [6, 6.07) is 19.7. The zero-order chi connectivity index (χ0) is 27.5. The molecule has 4 aromatic rings. The minimum atomic E-state index is -0.690. The van der Waals surface area contributed by atoms with Crippen LogP contribution in [-0.4, -0.2) is 30.7 Å².